The molecule has 12 aromatic rings. The normalized spacial score (nSPS) is 13.4. The van der Waals surface area contributed by atoms with Gasteiger partial charge in [-0.3, -0.25) is 0 Å². The van der Waals surface area contributed by atoms with E-state index in [1.54, 1.807) is 0 Å². The van der Waals surface area contributed by atoms with Crippen LogP contribution >= 0.6 is 11.3 Å². The molecular formula is C55H33NS. The third-order valence-electron chi connectivity index (χ3n) is 12.8. The van der Waals surface area contributed by atoms with E-state index in [1.807, 2.05) is 11.3 Å². The maximum atomic E-state index is 2.58. The second kappa shape index (κ2) is 11.5. The number of hydrogen-bond acceptors (Lipinski definition) is 1. The van der Waals surface area contributed by atoms with E-state index < -0.39 is 5.41 Å². The molecule has 57 heavy (non-hydrogen) atoms. The summed E-state index contributed by atoms with van der Waals surface area (Å²) in [6.45, 7) is 0. The summed E-state index contributed by atoms with van der Waals surface area (Å²) in [6, 6.07) is 74.7. The third kappa shape index (κ3) is 3.98. The summed E-state index contributed by atoms with van der Waals surface area (Å²) in [5.41, 5.74) is 11.0. The Balaban J connectivity index is 1.23. The lowest BCUT2D eigenvalue weighted by Crippen LogP contribution is -2.28. The predicted octanol–water partition coefficient (Wildman–Crippen LogP) is 15.0. The first-order chi connectivity index (χ1) is 28.3. The van der Waals surface area contributed by atoms with Crippen molar-refractivity contribution >= 4 is 85.6 Å². The minimum atomic E-state index is -0.442. The molecule has 0 N–H and O–H groups in total. The Labute approximate surface area is 333 Å². The van der Waals surface area contributed by atoms with Gasteiger partial charge in [-0.15, -0.1) is 11.3 Å². The maximum absolute atomic E-state index is 2.58. The van der Waals surface area contributed by atoms with Gasteiger partial charge < -0.3 is 4.57 Å². The summed E-state index contributed by atoms with van der Waals surface area (Å²) >= 11 is 1.93. The zero-order valence-electron chi connectivity index (χ0n) is 30.9. The predicted molar refractivity (Wildman–Crippen MR) is 243 cm³/mol. The smallest absolute Gasteiger partial charge is 0.0726 e. The van der Waals surface area contributed by atoms with Gasteiger partial charge in [0.15, 0.2) is 0 Å². The number of hydrogen-bond donors (Lipinski definition) is 0. The molecule has 0 aliphatic heterocycles. The fraction of sp³-hybridized carbons (Fsp3) is 0.0182. The van der Waals surface area contributed by atoms with Gasteiger partial charge in [-0.2, -0.15) is 0 Å². The van der Waals surface area contributed by atoms with E-state index >= 15 is 0 Å². The van der Waals surface area contributed by atoms with Crippen LogP contribution in [0.1, 0.15) is 22.3 Å². The Morgan fingerprint density at radius 1 is 0.368 bits per heavy atom. The van der Waals surface area contributed by atoms with Gasteiger partial charge in [-0.25, -0.2) is 0 Å². The highest BCUT2D eigenvalue weighted by Gasteiger charge is 2.46. The molecule has 0 saturated heterocycles. The summed E-state index contributed by atoms with van der Waals surface area (Å²) in [7, 11) is 0. The summed E-state index contributed by atoms with van der Waals surface area (Å²) in [6.07, 6.45) is 0. The van der Waals surface area contributed by atoms with Crippen molar-refractivity contribution in [3.8, 4) is 16.8 Å². The average molecular weight is 740 g/mol. The number of para-hydroxylation sites is 1. The molecule has 0 fully saturated rings. The van der Waals surface area contributed by atoms with Crippen LogP contribution in [-0.2, 0) is 5.41 Å². The van der Waals surface area contributed by atoms with Crippen molar-refractivity contribution in [1.29, 1.82) is 0 Å². The van der Waals surface area contributed by atoms with E-state index in [2.05, 4.69) is 205 Å². The van der Waals surface area contributed by atoms with E-state index in [0.717, 1.165) is 0 Å². The lowest BCUT2D eigenvalue weighted by atomic mass is 9.68. The second-order valence-electron chi connectivity index (χ2n) is 15.5. The van der Waals surface area contributed by atoms with Crippen molar-refractivity contribution in [3.63, 3.8) is 0 Å². The van der Waals surface area contributed by atoms with Crippen molar-refractivity contribution in [2.24, 2.45) is 0 Å². The minimum absolute atomic E-state index is 0.442. The third-order valence-corrected chi connectivity index (χ3v) is 14.0. The van der Waals surface area contributed by atoms with Crippen LogP contribution in [0.4, 0.5) is 0 Å². The molecule has 0 bridgehead atoms. The van der Waals surface area contributed by atoms with Crippen LogP contribution < -0.4 is 0 Å². The van der Waals surface area contributed by atoms with Gasteiger partial charge in [0.1, 0.15) is 0 Å². The van der Waals surface area contributed by atoms with Crippen LogP contribution in [0.5, 0.6) is 0 Å². The maximum Gasteiger partial charge on any atom is 0.0726 e. The van der Waals surface area contributed by atoms with E-state index in [4.69, 9.17) is 0 Å². The van der Waals surface area contributed by atoms with Gasteiger partial charge in [0.2, 0.25) is 0 Å². The molecule has 13 rings (SSSR count). The fourth-order valence-corrected chi connectivity index (χ4v) is 11.9. The van der Waals surface area contributed by atoms with Crippen LogP contribution in [0, 0.1) is 0 Å². The highest BCUT2D eigenvalue weighted by Crippen LogP contribution is 2.57. The molecule has 2 heterocycles. The van der Waals surface area contributed by atoms with Gasteiger partial charge >= 0.3 is 0 Å². The Morgan fingerprint density at radius 3 is 1.60 bits per heavy atom. The number of benzene rings is 10. The number of rotatable bonds is 3. The molecule has 0 atom stereocenters. The number of fused-ring (bicyclic) bond motifs is 18. The number of thiophene rings is 1. The first kappa shape index (κ1) is 31.2. The molecule has 0 spiro atoms. The Bertz CT molecular complexity index is 3590. The molecule has 2 heteroatoms. The highest BCUT2D eigenvalue weighted by atomic mass is 32.1. The lowest BCUT2D eigenvalue weighted by molar-refractivity contribution is 0.768. The summed E-state index contributed by atoms with van der Waals surface area (Å²) in [5, 5.41) is 13.2. The topological polar surface area (TPSA) is 4.93 Å². The molecule has 0 amide bonds. The standard InChI is InChI=1S/C55H33NS/c1-3-17-34(18-4-1)55(35-19-5-2-6-20-35)45-28-14-11-23-39(45)44-33-36(31-32-46(44)55)56-47-29-15-12-26-42(47)51-49-40-24-9-7-21-37(40)38-22-8-10-25-41(38)50(49)52-43-27-13-16-30-48(43)57-54(52)53(51)56/h1-33H. The second-order valence-corrected chi connectivity index (χ2v) is 16.5. The lowest BCUT2D eigenvalue weighted by Gasteiger charge is -2.33. The van der Waals surface area contributed by atoms with Crippen LogP contribution in [0.3, 0.4) is 0 Å². The Kier molecular flexibility index (Phi) is 6.31. The fourth-order valence-electron chi connectivity index (χ4n) is 10.7. The van der Waals surface area contributed by atoms with E-state index in [-0.39, 0.29) is 0 Å². The van der Waals surface area contributed by atoms with Crippen LogP contribution in [0.2, 0.25) is 0 Å². The minimum Gasteiger partial charge on any atom is -0.308 e. The Hall–Kier alpha value is -7.00. The van der Waals surface area contributed by atoms with Crippen molar-refractivity contribution in [3.05, 3.63) is 222 Å². The molecular weight excluding hydrogens is 707 g/mol. The molecule has 264 valence electrons. The molecule has 0 radical (unpaired) electrons. The molecule has 1 aliphatic carbocycles. The highest BCUT2D eigenvalue weighted by molar-refractivity contribution is 7.27. The van der Waals surface area contributed by atoms with Crippen molar-refractivity contribution in [1.82, 2.24) is 4.57 Å². The molecule has 10 aromatic carbocycles. The molecule has 0 unspecified atom stereocenters. The van der Waals surface area contributed by atoms with Crippen molar-refractivity contribution in [2.45, 2.75) is 5.41 Å². The largest absolute Gasteiger partial charge is 0.308 e. The van der Waals surface area contributed by atoms with E-state index in [0.29, 0.717) is 0 Å². The average Bonchev–Trinajstić information content (AvgIpc) is 3.94. The zero-order valence-corrected chi connectivity index (χ0v) is 31.7. The van der Waals surface area contributed by atoms with Crippen molar-refractivity contribution in [2.75, 3.05) is 0 Å². The molecule has 0 saturated carbocycles. The van der Waals surface area contributed by atoms with Gasteiger partial charge in [-0.05, 0) is 79.2 Å². The van der Waals surface area contributed by atoms with Gasteiger partial charge in [0, 0.05) is 42.7 Å². The van der Waals surface area contributed by atoms with E-state index in [1.165, 1.54) is 113 Å². The first-order valence-corrected chi connectivity index (χ1v) is 20.6. The SMILES string of the molecule is c1ccc(C2(c3ccccc3)c3ccccc3-c3cc(-n4c5ccccc5c5c6c7ccccc7c7ccccc7c6c6c7ccccc7sc6c54)ccc32)cc1. The summed E-state index contributed by atoms with van der Waals surface area (Å²) in [4.78, 5) is 0. The number of nitrogens with zero attached hydrogens (tertiary/aromatic N) is 1. The molecule has 1 nitrogen and oxygen atoms in total. The van der Waals surface area contributed by atoms with Gasteiger partial charge in [0.25, 0.3) is 0 Å². The monoisotopic (exact) mass is 739 g/mol. The summed E-state index contributed by atoms with van der Waals surface area (Å²) in [5.74, 6) is 0. The van der Waals surface area contributed by atoms with E-state index in [9.17, 15) is 0 Å². The van der Waals surface area contributed by atoms with Crippen LogP contribution in [-0.4, -0.2) is 4.57 Å². The van der Waals surface area contributed by atoms with Crippen LogP contribution in [0.25, 0.3) is 91.1 Å². The van der Waals surface area contributed by atoms with Crippen LogP contribution in [0.15, 0.2) is 200 Å². The molecule has 2 aromatic heterocycles. The number of aromatic nitrogens is 1. The zero-order chi connectivity index (χ0) is 37.2. The van der Waals surface area contributed by atoms with Gasteiger partial charge in [0.05, 0.1) is 21.1 Å². The molecule has 1 aliphatic rings. The quantitative estimate of drug-likeness (QED) is 0.159. The Morgan fingerprint density at radius 2 is 0.895 bits per heavy atom. The summed E-state index contributed by atoms with van der Waals surface area (Å²) < 4.78 is 5.23. The first-order valence-electron chi connectivity index (χ1n) is 19.8. The van der Waals surface area contributed by atoms with Crippen molar-refractivity contribution < 1.29 is 0 Å². The van der Waals surface area contributed by atoms with Gasteiger partial charge in [-0.1, -0.05) is 176 Å².